The highest BCUT2D eigenvalue weighted by Gasteiger charge is 2.29. The lowest BCUT2D eigenvalue weighted by Crippen LogP contribution is -2.51. The van der Waals surface area contributed by atoms with Crippen LogP contribution < -0.4 is 20.9 Å². The smallest absolute Gasteiger partial charge is 0.321 e. The molecule has 1 unspecified atom stereocenters. The zero-order valence-electron chi connectivity index (χ0n) is 15.9. The van der Waals surface area contributed by atoms with Crippen LogP contribution in [0.15, 0.2) is 59.8 Å². The van der Waals surface area contributed by atoms with Crippen molar-refractivity contribution in [3.05, 3.63) is 75.9 Å². The fourth-order valence-electron chi connectivity index (χ4n) is 3.32. The Labute approximate surface area is 176 Å². The quantitative estimate of drug-likeness (QED) is 0.669. The lowest BCUT2D eigenvalue weighted by Gasteiger charge is -2.23. The number of hydrogen-bond donors (Lipinski definition) is 2. The predicted octanol–water partition coefficient (Wildman–Crippen LogP) is 2.48. The van der Waals surface area contributed by atoms with Crippen LogP contribution in [0.2, 0.25) is 5.02 Å². The Kier molecular flexibility index (Phi) is 5.24. The van der Waals surface area contributed by atoms with Gasteiger partial charge < -0.3 is 10.1 Å². The molecule has 152 valence electrons. The Morgan fingerprint density at radius 1 is 1.20 bits per heavy atom. The first kappa shape index (κ1) is 19.7. The van der Waals surface area contributed by atoms with Crippen molar-refractivity contribution < 1.29 is 14.3 Å². The molecule has 1 atom stereocenters. The number of carbonyl (C=O) groups is 2. The molecule has 1 saturated heterocycles. The van der Waals surface area contributed by atoms with Gasteiger partial charge in [-0.3, -0.25) is 24.5 Å². The zero-order valence-corrected chi connectivity index (χ0v) is 16.6. The fourth-order valence-corrected chi connectivity index (χ4v) is 3.55. The number of halogens is 1. The number of nitrogens with zero attached hydrogens (tertiary/aromatic N) is 2. The summed E-state index contributed by atoms with van der Waals surface area (Å²) >= 11 is 6.21. The van der Waals surface area contributed by atoms with Gasteiger partial charge in [0.2, 0.25) is 5.91 Å². The Hall–Kier alpha value is -3.65. The van der Waals surface area contributed by atoms with Crippen molar-refractivity contribution in [1.29, 1.82) is 0 Å². The number of rotatable bonds is 4. The number of aromatic nitrogens is 2. The molecule has 0 radical (unpaired) electrons. The van der Waals surface area contributed by atoms with Gasteiger partial charge in [0.25, 0.3) is 5.56 Å². The average Bonchev–Trinajstić information content (AvgIpc) is 2.74. The van der Waals surface area contributed by atoms with E-state index in [4.69, 9.17) is 16.3 Å². The van der Waals surface area contributed by atoms with Crippen LogP contribution in [0.3, 0.4) is 0 Å². The fraction of sp³-hybridized carbons (Fsp3) is 0.143. The van der Waals surface area contributed by atoms with Crippen LogP contribution in [0.5, 0.6) is 5.75 Å². The molecular weight excluding hydrogens is 408 g/mol. The summed E-state index contributed by atoms with van der Waals surface area (Å²) in [5.41, 5.74) is 1.67. The first-order valence-corrected chi connectivity index (χ1v) is 9.44. The van der Waals surface area contributed by atoms with E-state index in [0.29, 0.717) is 33.1 Å². The maximum absolute atomic E-state index is 13.3. The number of pyridine rings is 2. The maximum atomic E-state index is 13.3. The van der Waals surface area contributed by atoms with E-state index in [1.165, 1.54) is 11.7 Å². The lowest BCUT2D eigenvalue weighted by molar-refractivity contribution is -0.122. The number of benzene rings is 1. The molecule has 30 heavy (non-hydrogen) atoms. The van der Waals surface area contributed by atoms with E-state index in [0.717, 1.165) is 0 Å². The molecule has 9 heteroatoms. The van der Waals surface area contributed by atoms with Crippen molar-refractivity contribution in [2.45, 2.75) is 5.92 Å². The van der Waals surface area contributed by atoms with E-state index in [2.05, 4.69) is 15.6 Å². The van der Waals surface area contributed by atoms with Crippen LogP contribution >= 0.6 is 11.6 Å². The molecule has 3 amide bonds. The van der Waals surface area contributed by atoms with Gasteiger partial charge in [-0.25, -0.2) is 4.79 Å². The standard InChI is InChI=1S/C21H17ClN4O4/c1-30-16-6-12(5-14(22)8-16)17-7-13(18-10-24-21(29)25-19(18)27)11-26(20(17)28)15-3-2-4-23-9-15/h2-9,11,18H,10H2,1H3,(H2,24,25,27,29). The van der Waals surface area contributed by atoms with Crippen LogP contribution in [0.25, 0.3) is 16.8 Å². The number of methoxy groups -OCH3 is 1. The third kappa shape index (κ3) is 3.77. The highest BCUT2D eigenvalue weighted by atomic mass is 35.5. The number of hydrogen-bond acceptors (Lipinski definition) is 5. The van der Waals surface area contributed by atoms with Gasteiger partial charge in [0, 0.05) is 29.5 Å². The summed E-state index contributed by atoms with van der Waals surface area (Å²) in [6, 6.07) is 9.54. The van der Waals surface area contributed by atoms with Crippen molar-refractivity contribution in [2.24, 2.45) is 0 Å². The molecular formula is C21H17ClN4O4. The largest absolute Gasteiger partial charge is 0.497 e. The Morgan fingerprint density at radius 3 is 2.73 bits per heavy atom. The minimum absolute atomic E-state index is 0.119. The van der Waals surface area contributed by atoms with E-state index < -0.39 is 17.9 Å². The monoisotopic (exact) mass is 424 g/mol. The molecule has 1 aliphatic heterocycles. The topological polar surface area (TPSA) is 102 Å². The number of ether oxygens (including phenoxy) is 1. The third-order valence-electron chi connectivity index (χ3n) is 4.80. The van der Waals surface area contributed by atoms with E-state index >= 15 is 0 Å². The van der Waals surface area contributed by atoms with Crippen molar-refractivity contribution in [3.8, 4) is 22.6 Å². The van der Waals surface area contributed by atoms with Gasteiger partial charge in [-0.05, 0) is 47.5 Å². The van der Waals surface area contributed by atoms with Crippen molar-refractivity contribution >= 4 is 23.5 Å². The average molecular weight is 425 g/mol. The number of carbonyl (C=O) groups excluding carboxylic acids is 2. The number of nitrogens with one attached hydrogen (secondary N) is 2. The highest BCUT2D eigenvalue weighted by molar-refractivity contribution is 6.31. The molecule has 0 spiro atoms. The molecule has 3 aromatic rings. The summed E-state index contributed by atoms with van der Waals surface area (Å²) in [6.07, 6.45) is 4.74. The first-order chi connectivity index (χ1) is 14.5. The summed E-state index contributed by atoms with van der Waals surface area (Å²) < 4.78 is 6.70. The summed E-state index contributed by atoms with van der Waals surface area (Å²) in [7, 11) is 1.51. The van der Waals surface area contributed by atoms with Crippen LogP contribution in [0.4, 0.5) is 4.79 Å². The van der Waals surface area contributed by atoms with Crippen molar-refractivity contribution in [3.63, 3.8) is 0 Å². The van der Waals surface area contributed by atoms with Gasteiger partial charge in [0.15, 0.2) is 0 Å². The molecule has 8 nitrogen and oxygen atoms in total. The van der Waals surface area contributed by atoms with Gasteiger partial charge in [0.1, 0.15) is 5.75 Å². The van der Waals surface area contributed by atoms with Crippen molar-refractivity contribution in [2.75, 3.05) is 13.7 Å². The van der Waals surface area contributed by atoms with Gasteiger partial charge in [0.05, 0.1) is 24.9 Å². The molecule has 2 N–H and O–H groups in total. The van der Waals surface area contributed by atoms with E-state index in [-0.39, 0.29) is 12.1 Å². The summed E-state index contributed by atoms with van der Waals surface area (Å²) in [6.45, 7) is 0.119. The van der Waals surface area contributed by atoms with Crippen LogP contribution in [-0.2, 0) is 4.79 Å². The highest BCUT2D eigenvalue weighted by Crippen LogP contribution is 2.29. The molecule has 1 aliphatic rings. The SMILES string of the molecule is COc1cc(Cl)cc(-c2cc(C3CNC(=O)NC3=O)cn(-c3cccnc3)c2=O)c1. The number of urea groups is 1. The number of imide groups is 1. The van der Waals surface area contributed by atoms with Crippen LogP contribution in [-0.4, -0.2) is 35.1 Å². The summed E-state index contributed by atoms with van der Waals surface area (Å²) in [5.74, 6) is -0.603. The molecule has 0 aliphatic carbocycles. The zero-order chi connectivity index (χ0) is 21.3. The number of amides is 3. The molecule has 4 rings (SSSR count). The lowest BCUT2D eigenvalue weighted by atomic mass is 9.95. The van der Waals surface area contributed by atoms with Gasteiger partial charge in [-0.15, -0.1) is 0 Å². The molecule has 1 fully saturated rings. The molecule has 1 aromatic carbocycles. The normalized spacial score (nSPS) is 16.0. The van der Waals surface area contributed by atoms with E-state index in [1.54, 1.807) is 55.0 Å². The second-order valence-corrected chi connectivity index (χ2v) is 7.14. The Balaban J connectivity index is 1.94. The molecule has 2 aromatic heterocycles. The summed E-state index contributed by atoms with van der Waals surface area (Å²) in [5, 5.41) is 5.28. The van der Waals surface area contributed by atoms with Crippen LogP contribution in [0.1, 0.15) is 11.5 Å². The van der Waals surface area contributed by atoms with Crippen LogP contribution in [0, 0.1) is 0 Å². The predicted molar refractivity (Wildman–Crippen MR) is 111 cm³/mol. The maximum Gasteiger partial charge on any atom is 0.321 e. The molecule has 0 saturated carbocycles. The second-order valence-electron chi connectivity index (χ2n) is 6.71. The minimum atomic E-state index is -0.661. The second kappa shape index (κ2) is 8.00. The van der Waals surface area contributed by atoms with Gasteiger partial charge >= 0.3 is 6.03 Å². The molecule has 3 heterocycles. The van der Waals surface area contributed by atoms with E-state index in [9.17, 15) is 14.4 Å². The van der Waals surface area contributed by atoms with Crippen molar-refractivity contribution in [1.82, 2.24) is 20.2 Å². The third-order valence-corrected chi connectivity index (χ3v) is 5.02. The summed E-state index contributed by atoms with van der Waals surface area (Å²) in [4.78, 5) is 41.3. The Morgan fingerprint density at radius 2 is 2.03 bits per heavy atom. The van der Waals surface area contributed by atoms with Gasteiger partial charge in [-0.1, -0.05) is 11.6 Å². The Bertz CT molecular complexity index is 1190. The minimum Gasteiger partial charge on any atom is -0.497 e. The first-order valence-electron chi connectivity index (χ1n) is 9.07. The van der Waals surface area contributed by atoms with E-state index in [1.807, 2.05) is 0 Å². The molecule has 0 bridgehead atoms. The van der Waals surface area contributed by atoms with Gasteiger partial charge in [-0.2, -0.15) is 0 Å².